The molecule has 0 atom stereocenters. The van der Waals surface area contributed by atoms with Gasteiger partial charge in [-0.15, -0.1) is 0 Å². The van der Waals surface area contributed by atoms with Crippen molar-refractivity contribution in [1.29, 1.82) is 0 Å². The van der Waals surface area contributed by atoms with E-state index in [2.05, 4.69) is 154 Å². The van der Waals surface area contributed by atoms with Crippen molar-refractivity contribution in [1.82, 2.24) is 4.57 Å². The highest BCUT2D eigenvalue weighted by Gasteiger charge is 2.16. The molecule has 1 heterocycles. The van der Waals surface area contributed by atoms with E-state index in [9.17, 15) is 0 Å². The van der Waals surface area contributed by atoms with Crippen LogP contribution in [0, 0.1) is 19.8 Å². The van der Waals surface area contributed by atoms with Crippen LogP contribution in [0.5, 0.6) is 0 Å². The van der Waals surface area contributed by atoms with Crippen LogP contribution >= 0.6 is 0 Å². The van der Waals surface area contributed by atoms with E-state index >= 15 is 0 Å². The summed E-state index contributed by atoms with van der Waals surface area (Å²) in [5.74, 6) is 0.833. The fraction of sp³-hybridized carbons (Fsp3) is 0.211. The number of nitrogens with zero attached hydrogens (tertiary/aromatic N) is 1. The lowest BCUT2D eigenvalue weighted by molar-refractivity contribution is 0.737. The standard InChI is InChI=1S/C32H25N.C4H10.C2H6/c1-22-11-6-7-14-26(22)27-20-19-24(21-23(27)2)28-16-10-18-31-32(28)29-15-8-9-17-30(29)33(31)25-12-4-3-5-13-25;1-4(2)3;1-2/h3-21H,1-2H3;4H,1-3H3;1-2H3. The maximum atomic E-state index is 2.38. The molecule has 6 aromatic rings. The summed E-state index contributed by atoms with van der Waals surface area (Å²) in [6, 6.07) is 41.6. The highest BCUT2D eigenvalue weighted by atomic mass is 15.0. The summed E-state index contributed by atoms with van der Waals surface area (Å²) < 4.78 is 2.38. The first-order valence-corrected chi connectivity index (χ1v) is 14.2. The Kier molecular flexibility index (Phi) is 9.04. The molecule has 39 heavy (non-hydrogen) atoms. The third-order valence-corrected chi connectivity index (χ3v) is 6.68. The molecule has 1 aromatic heterocycles. The van der Waals surface area contributed by atoms with Gasteiger partial charge < -0.3 is 4.57 Å². The van der Waals surface area contributed by atoms with Crippen LogP contribution in [0.4, 0.5) is 0 Å². The van der Waals surface area contributed by atoms with Crippen LogP contribution in [0.2, 0.25) is 0 Å². The number of hydrogen-bond acceptors (Lipinski definition) is 0. The van der Waals surface area contributed by atoms with Gasteiger partial charge in [0.25, 0.3) is 0 Å². The summed E-state index contributed by atoms with van der Waals surface area (Å²) >= 11 is 0. The number of aromatic nitrogens is 1. The predicted octanol–water partition coefficient (Wildman–Crippen LogP) is 11.4. The van der Waals surface area contributed by atoms with Gasteiger partial charge in [0.2, 0.25) is 0 Å². The predicted molar refractivity (Wildman–Crippen MR) is 173 cm³/mol. The molecule has 0 aliphatic carbocycles. The highest BCUT2D eigenvalue weighted by molar-refractivity contribution is 6.15. The van der Waals surface area contributed by atoms with Gasteiger partial charge in [-0.2, -0.15) is 0 Å². The normalized spacial score (nSPS) is 10.7. The molecular weight excluding hydrogens is 470 g/mol. The number of para-hydroxylation sites is 2. The van der Waals surface area contributed by atoms with Crippen molar-refractivity contribution < 1.29 is 0 Å². The highest BCUT2D eigenvalue weighted by Crippen LogP contribution is 2.39. The average molecular weight is 512 g/mol. The van der Waals surface area contributed by atoms with E-state index in [0.29, 0.717) is 0 Å². The lowest BCUT2D eigenvalue weighted by Crippen LogP contribution is -1.93. The van der Waals surface area contributed by atoms with Crippen LogP contribution in [0.3, 0.4) is 0 Å². The van der Waals surface area contributed by atoms with E-state index in [0.717, 1.165) is 5.92 Å². The molecular formula is C38H41N. The maximum absolute atomic E-state index is 2.38. The largest absolute Gasteiger partial charge is 0.309 e. The minimum absolute atomic E-state index is 0.833. The van der Waals surface area contributed by atoms with E-state index in [1.807, 2.05) is 13.8 Å². The zero-order valence-electron chi connectivity index (χ0n) is 24.5. The van der Waals surface area contributed by atoms with Gasteiger partial charge in [-0.05, 0) is 77.4 Å². The van der Waals surface area contributed by atoms with Crippen LogP contribution in [-0.2, 0) is 0 Å². The first-order chi connectivity index (χ1) is 19.0. The summed E-state index contributed by atoms with van der Waals surface area (Å²) in [4.78, 5) is 0. The van der Waals surface area contributed by atoms with E-state index < -0.39 is 0 Å². The average Bonchev–Trinajstić information content (AvgIpc) is 3.29. The fourth-order valence-corrected chi connectivity index (χ4v) is 5.12. The minimum atomic E-state index is 0.833. The molecule has 198 valence electrons. The van der Waals surface area contributed by atoms with Gasteiger partial charge >= 0.3 is 0 Å². The third kappa shape index (κ3) is 5.83. The van der Waals surface area contributed by atoms with Crippen molar-refractivity contribution in [2.45, 2.75) is 48.5 Å². The van der Waals surface area contributed by atoms with Gasteiger partial charge in [-0.25, -0.2) is 0 Å². The molecule has 0 radical (unpaired) electrons. The van der Waals surface area contributed by atoms with Gasteiger partial charge in [0, 0.05) is 16.5 Å². The lowest BCUT2D eigenvalue weighted by atomic mass is 9.92. The second kappa shape index (κ2) is 12.6. The fourth-order valence-electron chi connectivity index (χ4n) is 5.12. The summed E-state index contributed by atoms with van der Waals surface area (Å²) in [7, 11) is 0. The zero-order valence-corrected chi connectivity index (χ0v) is 24.5. The molecule has 0 N–H and O–H groups in total. The SMILES string of the molecule is CC.CC(C)C.Cc1ccccc1-c1ccc(-c2cccc3c2c2ccccc2n3-c2ccccc2)cc1C. The molecule has 6 rings (SSSR count). The van der Waals surface area contributed by atoms with Crippen molar-refractivity contribution in [3.05, 3.63) is 126 Å². The number of fused-ring (bicyclic) bond motifs is 3. The molecule has 0 fully saturated rings. The number of aryl methyl sites for hydroxylation is 2. The first-order valence-electron chi connectivity index (χ1n) is 14.2. The molecule has 1 heteroatoms. The van der Waals surface area contributed by atoms with Crippen molar-refractivity contribution in [3.8, 4) is 27.9 Å². The molecule has 0 saturated heterocycles. The Morgan fingerprint density at radius 1 is 0.513 bits per heavy atom. The van der Waals surface area contributed by atoms with E-state index in [-0.39, 0.29) is 0 Å². The van der Waals surface area contributed by atoms with Gasteiger partial charge in [-0.1, -0.05) is 126 Å². The summed E-state index contributed by atoms with van der Waals surface area (Å²) in [5, 5.41) is 2.59. The molecule has 0 aliphatic rings. The summed E-state index contributed by atoms with van der Waals surface area (Å²) in [6.45, 7) is 14.9. The van der Waals surface area contributed by atoms with E-state index in [1.165, 1.54) is 60.9 Å². The van der Waals surface area contributed by atoms with E-state index in [1.54, 1.807) is 0 Å². The molecule has 1 nitrogen and oxygen atoms in total. The number of hydrogen-bond donors (Lipinski definition) is 0. The van der Waals surface area contributed by atoms with E-state index in [4.69, 9.17) is 0 Å². The zero-order chi connectivity index (χ0) is 27.9. The summed E-state index contributed by atoms with van der Waals surface area (Å²) in [6.07, 6.45) is 0. The second-order valence-corrected chi connectivity index (χ2v) is 10.5. The van der Waals surface area contributed by atoms with Gasteiger partial charge in [0.15, 0.2) is 0 Å². The molecule has 0 aliphatic heterocycles. The van der Waals surface area contributed by atoms with Crippen LogP contribution in [0.15, 0.2) is 115 Å². The van der Waals surface area contributed by atoms with Crippen LogP contribution in [-0.4, -0.2) is 4.57 Å². The van der Waals surface area contributed by atoms with Gasteiger partial charge in [-0.3, -0.25) is 0 Å². The Hall–Kier alpha value is -4.10. The number of rotatable bonds is 3. The second-order valence-electron chi connectivity index (χ2n) is 10.5. The Morgan fingerprint density at radius 2 is 1.08 bits per heavy atom. The van der Waals surface area contributed by atoms with Crippen molar-refractivity contribution in [3.63, 3.8) is 0 Å². The molecule has 0 unspecified atom stereocenters. The molecule has 0 saturated carbocycles. The lowest BCUT2D eigenvalue weighted by Gasteiger charge is -2.13. The summed E-state index contributed by atoms with van der Waals surface area (Å²) in [5.41, 5.74) is 11.4. The minimum Gasteiger partial charge on any atom is -0.309 e. The number of benzene rings is 5. The Balaban J connectivity index is 0.000000541. The first kappa shape index (κ1) is 27.9. The van der Waals surface area contributed by atoms with Gasteiger partial charge in [0.1, 0.15) is 0 Å². The topological polar surface area (TPSA) is 4.93 Å². The van der Waals surface area contributed by atoms with Crippen molar-refractivity contribution in [2.75, 3.05) is 0 Å². The maximum Gasteiger partial charge on any atom is 0.0547 e. The van der Waals surface area contributed by atoms with Crippen LogP contribution in [0.1, 0.15) is 45.7 Å². The molecule has 5 aromatic carbocycles. The smallest absolute Gasteiger partial charge is 0.0547 e. The van der Waals surface area contributed by atoms with Crippen LogP contribution in [0.25, 0.3) is 49.7 Å². The monoisotopic (exact) mass is 511 g/mol. The third-order valence-electron chi connectivity index (χ3n) is 6.68. The quantitative estimate of drug-likeness (QED) is 0.223. The van der Waals surface area contributed by atoms with Crippen molar-refractivity contribution >= 4 is 21.8 Å². The Morgan fingerprint density at radius 3 is 1.77 bits per heavy atom. The Bertz CT molecular complexity index is 1670. The van der Waals surface area contributed by atoms with Crippen LogP contribution < -0.4 is 0 Å². The van der Waals surface area contributed by atoms with Crippen molar-refractivity contribution in [2.24, 2.45) is 5.92 Å². The molecule has 0 spiro atoms. The molecule has 0 bridgehead atoms. The Labute approximate surface area is 234 Å². The van der Waals surface area contributed by atoms with Gasteiger partial charge in [0.05, 0.1) is 11.0 Å². The molecule has 0 amide bonds.